The second kappa shape index (κ2) is 20.1. The van der Waals surface area contributed by atoms with Crippen LogP contribution >= 0.6 is 0 Å². The maximum Gasteiger partial charge on any atom is 0.334 e. The van der Waals surface area contributed by atoms with E-state index in [1.165, 1.54) is 0 Å². The van der Waals surface area contributed by atoms with Gasteiger partial charge in [-0.25, -0.2) is 0 Å². The number of ketones is 1. The smallest absolute Gasteiger partial charge is 0.334 e. The molecule has 0 rings (SSSR count). The Hall–Kier alpha value is -0.0562. The van der Waals surface area contributed by atoms with Gasteiger partial charge in [0, 0.05) is 38.3 Å². The van der Waals surface area contributed by atoms with Gasteiger partial charge in [0.05, 0.1) is 0 Å². The summed E-state index contributed by atoms with van der Waals surface area (Å²) in [4.78, 5) is 13.2. The number of carbonyl (C=O) groups excluding carboxylic acids is 1. The second-order valence-corrected chi connectivity index (χ2v) is 16.5. The van der Waals surface area contributed by atoms with E-state index in [1.807, 2.05) is 27.7 Å². The van der Waals surface area contributed by atoms with Crippen molar-refractivity contribution in [3.63, 3.8) is 0 Å². The molecule has 0 aliphatic carbocycles. The monoisotopic (exact) mass is 518 g/mol. The highest BCUT2D eigenvalue weighted by atomic mass is 28.4. The van der Waals surface area contributed by atoms with Crippen molar-refractivity contribution in [3.8, 4) is 0 Å². The van der Waals surface area contributed by atoms with Gasteiger partial charge in [-0.3, -0.25) is 4.79 Å². The van der Waals surface area contributed by atoms with Crippen molar-refractivity contribution < 1.29 is 22.5 Å². The molecule has 0 saturated heterocycles. The van der Waals surface area contributed by atoms with E-state index in [4.69, 9.17) is 17.7 Å². The fourth-order valence-corrected chi connectivity index (χ4v) is 10.0. The number of carbonyl (C=O) groups is 1. The van der Waals surface area contributed by atoms with Gasteiger partial charge in [-0.1, -0.05) is 52.4 Å². The van der Waals surface area contributed by atoms with Crippen molar-refractivity contribution in [1.82, 2.24) is 0 Å². The van der Waals surface area contributed by atoms with E-state index in [-0.39, 0.29) is 11.8 Å². The summed E-state index contributed by atoms with van der Waals surface area (Å²) in [5, 5.41) is 0. The Bertz CT molecular complexity index is 449. The summed E-state index contributed by atoms with van der Waals surface area (Å²) in [5.41, 5.74) is 0. The lowest BCUT2D eigenvalue weighted by Crippen LogP contribution is -2.38. The molecule has 34 heavy (non-hydrogen) atoms. The molecule has 0 heterocycles. The molecule has 204 valence electrons. The third-order valence-electron chi connectivity index (χ3n) is 6.96. The first-order chi connectivity index (χ1) is 16.2. The van der Waals surface area contributed by atoms with Gasteiger partial charge in [-0.15, -0.1) is 0 Å². The van der Waals surface area contributed by atoms with Crippen LogP contribution in [-0.2, 0) is 22.5 Å². The van der Waals surface area contributed by atoms with Crippen LogP contribution in [0.25, 0.3) is 0 Å². The Labute approximate surface area is 214 Å². The normalized spacial score (nSPS) is 14.4. The molecule has 5 nitrogen and oxygen atoms in total. The van der Waals surface area contributed by atoms with Gasteiger partial charge in [0.2, 0.25) is 0 Å². The van der Waals surface area contributed by atoms with Crippen molar-refractivity contribution in [3.05, 3.63) is 0 Å². The molecule has 0 bridgehead atoms. The highest BCUT2D eigenvalue weighted by Gasteiger charge is 2.31. The number of unbranched alkanes of at least 4 members (excludes halogenated alkanes) is 4. The van der Waals surface area contributed by atoms with Crippen LogP contribution in [0.15, 0.2) is 0 Å². The van der Waals surface area contributed by atoms with Gasteiger partial charge in [0.1, 0.15) is 5.78 Å². The lowest BCUT2D eigenvalue weighted by Gasteiger charge is -2.26. The molecule has 7 heteroatoms. The maximum absolute atomic E-state index is 13.2. The summed E-state index contributed by atoms with van der Waals surface area (Å²) in [7, 11) is -4.01. The number of hydrogen-bond donors (Lipinski definition) is 0. The van der Waals surface area contributed by atoms with E-state index in [9.17, 15) is 4.79 Å². The van der Waals surface area contributed by atoms with Crippen LogP contribution in [0.5, 0.6) is 0 Å². The molecule has 0 aliphatic rings. The molecule has 0 radical (unpaired) electrons. The quantitative estimate of drug-likeness (QED) is 0.0956. The van der Waals surface area contributed by atoms with Gasteiger partial charge in [-0.05, 0) is 78.6 Å². The van der Waals surface area contributed by atoms with E-state index < -0.39 is 17.1 Å². The van der Waals surface area contributed by atoms with Crippen molar-refractivity contribution >= 4 is 22.9 Å². The van der Waals surface area contributed by atoms with Crippen LogP contribution in [0, 0.1) is 11.8 Å². The van der Waals surface area contributed by atoms with E-state index in [2.05, 4.69) is 26.9 Å². The third kappa shape index (κ3) is 14.5. The molecule has 0 amide bonds. The number of Topliss-reactive ketones (excluding diaryl/α,β-unsaturated/α-hetero) is 1. The SMILES string of the molecule is CCO[Si](C)(CCCCCC(CC)C(=O)C(CC)CCCCC[Si](C)(OCC)OCC)OCC. The van der Waals surface area contributed by atoms with Gasteiger partial charge in [-0.2, -0.15) is 0 Å². The fourth-order valence-electron chi connectivity index (χ4n) is 5.05. The Balaban J connectivity index is 4.38. The summed E-state index contributed by atoms with van der Waals surface area (Å²) in [6.45, 7) is 19.8. The van der Waals surface area contributed by atoms with Crippen LogP contribution in [0.3, 0.4) is 0 Å². The number of hydrogen-bond acceptors (Lipinski definition) is 5. The number of rotatable bonds is 24. The topological polar surface area (TPSA) is 54.0 Å². The fraction of sp³-hybridized carbons (Fsp3) is 0.963. The average molecular weight is 519 g/mol. The van der Waals surface area contributed by atoms with Crippen molar-refractivity contribution in [1.29, 1.82) is 0 Å². The van der Waals surface area contributed by atoms with E-state index in [1.54, 1.807) is 0 Å². The highest BCUT2D eigenvalue weighted by Crippen LogP contribution is 2.26. The second-order valence-electron chi connectivity index (χ2n) is 9.81. The predicted molar refractivity (Wildman–Crippen MR) is 149 cm³/mol. The van der Waals surface area contributed by atoms with Crippen molar-refractivity contribution in [2.45, 2.75) is 131 Å². The summed E-state index contributed by atoms with van der Waals surface area (Å²) >= 11 is 0. The molecular formula is C27H58O5Si2. The standard InChI is InChI=1S/C27H58O5Si2/c1-9-25(21-17-15-19-23-33(7,29-11-3)30-12-4)27(28)26(10-2)22-18-16-20-24-34(8,31-13-5)32-14-6/h25-26H,9-24H2,1-8H3. The van der Waals surface area contributed by atoms with E-state index in [0.717, 1.165) is 103 Å². The molecule has 0 N–H and O–H groups in total. The minimum Gasteiger partial charge on any atom is -0.395 e. The van der Waals surface area contributed by atoms with Crippen molar-refractivity contribution in [2.24, 2.45) is 11.8 Å². The molecular weight excluding hydrogens is 460 g/mol. The summed E-state index contributed by atoms with van der Waals surface area (Å²) in [5.74, 6) is 0.952. The van der Waals surface area contributed by atoms with Gasteiger partial charge < -0.3 is 17.7 Å². The Morgan fingerprint density at radius 1 is 0.559 bits per heavy atom. The summed E-state index contributed by atoms with van der Waals surface area (Å²) in [6, 6.07) is 2.09. The van der Waals surface area contributed by atoms with Gasteiger partial charge in [0.15, 0.2) is 0 Å². The first-order valence-electron chi connectivity index (χ1n) is 14.3. The molecule has 0 aromatic carbocycles. The summed E-state index contributed by atoms with van der Waals surface area (Å²) < 4.78 is 23.8. The molecule has 0 aromatic heterocycles. The third-order valence-corrected chi connectivity index (χ3v) is 13.1. The molecule has 0 fully saturated rings. The Morgan fingerprint density at radius 2 is 0.882 bits per heavy atom. The average Bonchev–Trinajstić information content (AvgIpc) is 2.79. The minimum absolute atomic E-state index is 0.221. The molecule has 0 saturated carbocycles. The highest BCUT2D eigenvalue weighted by molar-refractivity contribution is 6.66. The predicted octanol–water partition coefficient (Wildman–Crippen LogP) is 8.02. The van der Waals surface area contributed by atoms with Gasteiger partial charge >= 0.3 is 17.1 Å². The van der Waals surface area contributed by atoms with E-state index in [0.29, 0.717) is 5.78 Å². The zero-order valence-corrected chi connectivity index (χ0v) is 26.0. The van der Waals surface area contributed by atoms with Crippen molar-refractivity contribution in [2.75, 3.05) is 26.4 Å². The molecule has 2 atom stereocenters. The first-order valence-corrected chi connectivity index (χ1v) is 19.4. The largest absolute Gasteiger partial charge is 0.395 e. The Kier molecular flexibility index (Phi) is 20.0. The molecule has 0 spiro atoms. The van der Waals surface area contributed by atoms with Gasteiger partial charge in [0.25, 0.3) is 0 Å². The zero-order chi connectivity index (χ0) is 25.9. The lowest BCUT2D eigenvalue weighted by atomic mass is 9.83. The maximum atomic E-state index is 13.2. The lowest BCUT2D eigenvalue weighted by molar-refractivity contribution is -0.127. The van der Waals surface area contributed by atoms with Crippen LogP contribution in [0.2, 0.25) is 25.2 Å². The van der Waals surface area contributed by atoms with Crippen LogP contribution in [-0.4, -0.2) is 49.3 Å². The summed E-state index contributed by atoms with van der Waals surface area (Å²) in [6.07, 6.45) is 10.8. The molecule has 0 aromatic rings. The first kappa shape index (κ1) is 33.9. The molecule has 0 aliphatic heterocycles. The molecule has 2 unspecified atom stereocenters. The minimum atomic E-state index is -2.00. The zero-order valence-electron chi connectivity index (χ0n) is 24.0. The van der Waals surface area contributed by atoms with Crippen LogP contribution in [0.1, 0.15) is 106 Å². The van der Waals surface area contributed by atoms with Crippen LogP contribution < -0.4 is 0 Å². The van der Waals surface area contributed by atoms with E-state index >= 15 is 0 Å². The van der Waals surface area contributed by atoms with Crippen LogP contribution in [0.4, 0.5) is 0 Å². The Morgan fingerprint density at radius 3 is 1.15 bits per heavy atom.